The van der Waals surface area contributed by atoms with E-state index in [1.807, 2.05) is 0 Å². The summed E-state index contributed by atoms with van der Waals surface area (Å²) in [4.78, 5) is 0. The molecule has 2 aliphatic heterocycles. The largest absolute Gasteiger partial charge is 0.433 e. The van der Waals surface area contributed by atoms with E-state index in [0.29, 0.717) is 17.2 Å². The minimum atomic E-state index is -1.31. The van der Waals surface area contributed by atoms with Gasteiger partial charge < -0.3 is 23.4 Å². The Morgan fingerprint density at radius 3 is 2.67 bits per heavy atom. The van der Waals surface area contributed by atoms with E-state index in [9.17, 15) is 8.78 Å². The second-order valence-electron chi connectivity index (χ2n) is 7.07. The quantitative estimate of drug-likeness (QED) is 0.789. The van der Waals surface area contributed by atoms with Crippen molar-refractivity contribution >= 4 is 0 Å². The van der Waals surface area contributed by atoms with Crippen LogP contribution in [0.2, 0.25) is 0 Å². The van der Waals surface area contributed by atoms with Crippen molar-refractivity contribution in [2.45, 2.75) is 71.1 Å². The molecule has 0 radical (unpaired) electrons. The Kier molecular flexibility index (Phi) is 4.97. The summed E-state index contributed by atoms with van der Waals surface area (Å²) in [5, 5.41) is 0. The molecule has 5 nitrogen and oxygen atoms in total. The molecule has 2 saturated heterocycles. The van der Waals surface area contributed by atoms with Gasteiger partial charge in [-0.15, -0.1) is 0 Å². The minimum Gasteiger partial charge on any atom is -0.433 e. The summed E-state index contributed by atoms with van der Waals surface area (Å²) in [6.07, 6.45) is -1.09. The fourth-order valence-electron chi connectivity index (χ4n) is 3.19. The van der Waals surface area contributed by atoms with Crippen molar-refractivity contribution in [2.24, 2.45) is 5.92 Å². The van der Waals surface area contributed by atoms with Crippen LogP contribution in [-0.2, 0) is 25.6 Å². The first-order valence-electron chi connectivity index (χ1n) is 8.25. The number of fused-ring (bicyclic) bond motifs is 1. The Bertz CT molecular complexity index is 575. The van der Waals surface area contributed by atoms with Crippen LogP contribution in [0.3, 0.4) is 0 Å². The first-order chi connectivity index (χ1) is 11.3. The van der Waals surface area contributed by atoms with E-state index < -0.39 is 37.0 Å². The van der Waals surface area contributed by atoms with Gasteiger partial charge in [-0.3, -0.25) is 0 Å². The van der Waals surface area contributed by atoms with Crippen molar-refractivity contribution in [2.75, 3.05) is 6.67 Å². The van der Waals surface area contributed by atoms with Gasteiger partial charge in [0.1, 0.15) is 31.2 Å². The van der Waals surface area contributed by atoms with Crippen LogP contribution >= 0.6 is 0 Å². The zero-order valence-corrected chi connectivity index (χ0v) is 14.4. The van der Waals surface area contributed by atoms with Gasteiger partial charge in [0, 0.05) is 6.07 Å². The van der Waals surface area contributed by atoms with Gasteiger partial charge >= 0.3 is 0 Å². The molecule has 24 heavy (non-hydrogen) atoms. The van der Waals surface area contributed by atoms with Gasteiger partial charge in [0.2, 0.25) is 0 Å². The summed E-state index contributed by atoms with van der Waals surface area (Å²) in [6, 6.07) is 0.670. The predicted octanol–water partition coefficient (Wildman–Crippen LogP) is 3.48. The van der Waals surface area contributed by atoms with Gasteiger partial charge in [-0.05, 0) is 31.7 Å². The van der Waals surface area contributed by atoms with Crippen molar-refractivity contribution in [1.29, 1.82) is 0 Å². The minimum absolute atomic E-state index is 0.0945. The highest BCUT2D eigenvalue weighted by Gasteiger charge is 2.56. The molecule has 136 valence electrons. The molecule has 0 aromatic carbocycles. The molecule has 0 bridgehead atoms. The first kappa shape index (κ1) is 17.8. The molecule has 1 unspecified atom stereocenters. The van der Waals surface area contributed by atoms with Crippen molar-refractivity contribution in [1.82, 2.24) is 0 Å². The zero-order chi connectivity index (χ0) is 17.5. The Morgan fingerprint density at radius 2 is 2.08 bits per heavy atom. The van der Waals surface area contributed by atoms with Crippen LogP contribution in [0.5, 0.6) is 0 Å². The van der Waals surface area contributed by atoms with Crippen LogP contribution in [0.15, 0.2) is 10.5 Å². The highest BCUT2D eigenvalue weighted by Crippen LogP contribution is 2.41. The van der Waals surface area contributed by atoms with Gasteiger partial charge in [-0.1, -0.05) is 13.8 Å². The maximum absolute atomic E-state index is 13.2. The average molecular weight is 346 g/mol. The lowest BCUT2D eigenvalue weighted by atomic mass is 10.0. The lowest BCUT2D eigenvalue weighted by molar-refractivity contribution is -0.235. The Labute approximate surface area is 140 Å². The van der Waals surface area contributed by atoms with Crippen molar-refractivity contribution in [3.63, 3.8) is 0 Å². The summed E-state index contributed by atoms with van der Waals surface area (Å²) in [7, 11) is 0. The van der Waals surface area contributed by atoms with E-state index in [1.54, 1.807) is 6.92 Å². The van der Waals surface area contributed by atoms with Crippen LogP contribution < -0.4 is 0 Å². The van der Waals surface area contributed by atoms with Gasteiger partial charge in [0.25, 0.3) is 6.01 Å². The third-order valence-corrected chi connectivity index (χ3v) is 4.36. The monoisotopic (exact) mass is 346 g/mol. The van der Waals surface area contributed by atoms with Crippen molar-refractivity contribution < 1.29 is 32.1 Å². The average Bonchev–Trinajstić information content (AvgIpc) is 3.08. The second-order valence-corrected chi connectivity index (χ2v) is 7.07. The molecule has 7 heteroatoms. The molecule has 5 atom stereocenters. The van der Waals surface area contributed by atoms with Crippen LogP contribution in [-0.4, -0.2) is 37.1 Å². The van der Waals surface area contributed by atoms with Crippen molar-refractivity contribution in [3.8, 4) is 0 Å². The molecule has 1 aromatic rings. The number of hydrogen-bond donors (Lipinski definition) is 0. The molecule has 0 amide bonds. The number of halogens is 2. The molecule has 2 fully saturated rings. The molecular formula is C17H24F2O5. The molecule has 3 rings (SSSR count). The normalized spacial score (nSPS) is 35.8. The zero-order valence-electron chi connectivity index (χ0n) is 14.4. The van der Waals surface area contributed by atoms with Crippen LogP contribution in [0.1, 0.15) is 38.5 Å². The lowest BCUT2D eigenvalue weighted by Crippen LogP contribution is -2.39. The summed E-state index contributed by atoms with van der Waals surface area (Å²) < 4.78 is 54.4. The summed E-state index contributed by atoms with van der Waals surface area (Å²) >= 11 is 0. The maximum Gasteiger partial charge on any atom is 0.278 e. The fourth-order valence-corrected chi connectivity index (χ4v) is 3.19. The highest BCUT2D eigenvalue weighted by molar-refractivity contribution is 5.14. The highest BCUT2D eigenvalue weighted by atomic mass is 19.1. The van der Waals surface area contributed by atoms with E-state index in [-0.39, 0.29) is 12.7 Å². The van der Waals surface area contributed by atoms with E-state index in [2.05, 4.69) is 13.8 Å². The molecular weight excluding hydrogens is 322 g/mol. The molecule has 0 N–H and O–H groups in total. The molecule has 3 heterocycles. The second kappa shape index (κ2) is 6.71. The predicted molar refractivity (Wildman–Crippen MR) is 80.4 cm³/mol. The smallest absolute Gasteiger partial charge is 0.278 e. The summed E-state index contributed by atoms with van der Waals surface area (Å²) in [5.41, 5.74) is 0.681. The van der Waals surface area contributed by atoms with E-state index in [0.717, 1.165) is 6.42 Å². The molecule has 2 aliphatic rings. The number of ether oxygens (including phenoxy) is 4. The number of alkyl halides is 1. The van der Waals surface area contributed by atoms with E-state index >= 15 is 0 Å². The number of aryl methyl sites for hydroxylation is 1. The molecule has 1 aromatic heterocycles. The summed E-state index contributed by atoms with van der Waals surface area (Å²) in [5.74, 6) is -0.506. The van der Waals surface area contributed by atoms with Crippen LogP contribution in [0.4, 0.5) is 8.78 Å². The lowest BCUT2D eigenvalue weighted by Gasteiger charge is -2.27. The maximum atomic E-state index is 13.2. The molecule has 0 aliphatic carbocycles. The fraction of sp³-hybridized carbons (Fsp3) is 0.765. The topological polar surface area (TPSA) is 50.1 Å². The summed E-state index contributed by atoms with van der Waals surface area (Å²) in [6.45, 7) is 6.77. The third-order valence-electron chi connectivity index (χ3n) is 4.36. The van der Waals surface area contributed by atoms with Crippen LogP contribution in [0, 0.1) is 18.9 Å². The van der Waals surface area contributed by atoms with E-state index in [1.165, 1.54) is 13.0 Å². The Balaban J connectivity index is 1.71. The third kappa shape index (κ3) is 3.49. The Morgan fingerprint density at radius 1 is 1.33 bits per heavy atom. The van der Waals surface area contributed by atoms with E-state index in [4.69, 9.17) is 23.4 Å². The Hall–Kier alpha value is -1.02. The molecule has 0 spiro atoms. The number of hydrogen-bond acceptors (Lipinski definition) is 5. The molecule has 0 saturated carbocycles. The number of rotatable bonds is 6. The van der Waals surface area contributed by atoms with Gasteiger partial charge in [0.15, 0.2) is 12.1 Å². The first-order valence-corrected chi connectivity index (χ1v) is 8.25. The van der Waals surface area contributed by atoms with Gasteiger partial charge in [-0.25, -0.2) is 4.39 Å². The standard InChI is InChI=1S/C17H24F2O5/c1-9(2)5-11-14(20-7-12-10(3)6-13(19)21-12)15-16(22-11)24-17(4,8-18)23-15/h6,9,11,14-16H,5,7-8H2,1-4H3/t11-,14+,15-,16-,17?/m1/s1. The van der Waals surface area contributed by atoms with Gasteiger partial charge in [-0.2, -0.15) is 4.39 Å². The van der Waals surface area contributed by atoms with Crippen LogP contribution in [0.25, 0.3) is 0 Å². The van der Waals surface area contributed by atoms with Crippen molar-refractivity contribution in [3.05, 3.63) is 23.4 Å². The number of furan rings is 1. The SMILES string of the molecule is Cc1cc(F)oc1CO[C@@H]1[C@H]2OC(C)(CF)O[C@H]2O[C@@H]1CC(C)C. The van der Waals surface area contributed by atoms with Gasteiger partial charge in [0.05, 0.1) is 6.10 Å².